The van der Waals surface area contributed by atoms with Crippen molar-refractivity contribution in [3.63, 3.8) is 0 Å². The van der Waals surface area contributed by atoms with Crippen molar-refractivity contribution in [2.75, 3.05) is 26.7 Å². The maximum Gasteiger partial charge on any atom is 0.317 e. The number of carboxylic acid groups (broad SMARTS) is 1. The summed E-state index contributed by atoms with van der Waals surface area (Å²) in [7, 11) is 1.65. The molecule has 1 saturated heterocycles. The van der Waals surface area contributed by atoms with E-state index in [0.29, 0.717) is 0 Å². The van der Waals surface area contributed by atoms with E-state index in [-0.39, 0.29) is 12.1 Å². The molecule has 0 atom stereocenters. The molecule has 1 N–H and O–H groups in total. The van der Waals surface area contributed by atoms with Crippen LogP contribution in [0.4, 0.5) is 0 Å². The summed E-state index contributed by atoms with van der Waals surface area (Å²) < 4.78 is 5.15. The smallest absolute Gasteiger partial charge is 0.317 e. The lowest BCUT2D eigenvalue weighted by Crippen LogP contribution is -2.61. The molecule has 1 rings (SSSR count). The van der Waals surface area contributed by atoms with Crippen LogP contribution in [0.25, 0.3) is 0 Å². The minimum atomic E-state index is -0.775. The Labute approximate surface area is 65.8 Å². The molecule has 0 amide bonds. The van der Waals surface area contributed by atoms with E-state index >= 15 is 0 Å². The van der Waals surface area contributed by atoms with Crippen LogP contribution < -0.4 is 0 Å². The van der Waals surface area contributed by atoms with Crippen molar-refractivity contribution in [3.8, 4) is 0 Å². The summed E-state index contributed by atoms with van der Waals surface area (Å²) in [6.45, 7) is 3.54. The highest BCUT2D eigenvalue weighted by molar-refractivity contribution is 5.69. The van der Waals surface area contributed by atoms with Crippen LogP contribution in [-0.2, 0) is 9.53 Å². The van der Waals surface area contributed by atoms with Crippen LogP contribution in [0.2, 0.25) is 0 Å². The third-order valence-electron chi connectivity index (χ3n) is 1.97. The van der Waals surface area contributed by atoms with Gasteiger partial charge in [0, 0.05) is 20.2 Å². The molecular formula is C7H13NO3. The highest BCUT2D eigenvalue weighted by atomic mass is 16.5. The number of hydrogen-bond acceptors (Lipinski definition) is 3. The Morgan fingerprint density at radius 3 is 2.64 bits per heavy atom. The maximum atomic E-state index is 10.2. The van der Waals surface area contributed by atoms with Crippen LogP contribution in [0.15, 0.2) is 0 Å². The Kier molecular flexibility index (Phi) is 2.15. The molecule has 11 heavy (non-hydrogen) atoms. The lowest BCUT2D eigenvalue weighted by Gasteiger charge is -2.46. The first kappa shape index (κ1) is 8.49. The van der Waals surface area contributed by atoms with Crippen LogP contribution in [0.1, 0.15) is 6.92 Å². The highest BCUT2D eigenvalue weighted by Crippen LogP contribution is 2.22. The van der Waals surface area contributed by atoms with Crippen molar-refractivity contribution >= 4 is 5.97 Å². The van der Waals surface area contributed by atoms with Gasteiger partial charge < -0.3 is 9.84 Å². The standard InChI is InChI=1S/C7H13NO3/c1-7(11-2)4-8(5-7)3-6(9)10/h3-5H2,1-2H3,(H,9,10). The third-order valence-corrected chi connectivity index (χ3v) is 1.97. The molecule has 0 saturated carbocycles. The molecule has 1 fully saturated rings. The van der Waals surface area contributed by atoms with Crippen LogP contribution in [0, 0.1) is 0 Å². The maximum absolute atomic E-state index is 10.2. The van der Waals surface area contributed by atoms with Crippen LogP contribution >= 0.6 is 0 Å². The number of nitrogens with zero attached hydrogens (tertiary/aromatic N) is 1. The van der Waals surface area contributed by atoms with Crippen molar-refractivity contribution in [2.45, 2.75) is 12.5 Å². The lowest BCUT2D eigenvalue weighted by atomic mass is 9.97. The molecule has 0 spiro atoms. The minimum absolute atomic E-state index is 0.116. The van der Waals surface area contributed by atoms with Gasteiger partial charge >= 0.3 is 5.97 Å². The summed E-state index contributed by atoms with van der Waals surface area (Å²) in [5.41, 5.74) is -0.116. The van der Waals surface area contributed by atoms with E-state index in [2.05, 4.69) is 0 Å². The molecule has 0 aromatic carbocycles. The fraction of sp³-hybridized carbons (Fsp3) is 0.857. The van der Waals surface area contributed by atoms with Crippen molar-refractivity contribution in [1.29, 1.82) is 0 Å². The molecule has 0 bridgehead atoms. The predicted octanol–water partition coefficient (Wildman–Crippen LogP) is -0.208. The van der Waals surface area contributed by atoms with Gasteiger partial charge in [-0.2, -0.15) is 0 Å². The second-order valence-electron chi connectivity index (χ2n) is 3.19. The van der Waals surface area contributed by atoms with E-state index < -0.39 is 5.97 Å². The molecule has 64 valence electrons. The molecule has 0 aliphatic carbocycles. The molecule has 1 heterocycles. The fourth-order valence-electron chi connectivity index (χ4n) is 1.33. The summed E-state index contributed by atoms with van der Waals surface area (Å²) >= 11 is 0. The number of rotatable bonds is 3. The zero-order valence-corrected chi connectivity index (χ0v) is 6.83. The first-order valence-electron chi connectivity index (χ1n) is 3.55. The van der Waals surface area contributed by atoms with Crippen molar-refractivity contribution in [2.24, 2.45) is 0 Å². The molecule has 0 unspecified atom stereocenters. The van der Waals surface area contributed by atoms with Crippen molar-refractivity contribution in [1.82, 2.24) is 4.90 Å². The lowest BCUT2D eigenvalue weighted by molar-refractivity contribution is -0.149. The van der Waals surface area contributed by atoms with Gasteiger partial charge in [0.15, 0.2) is 0 Å². The summed E-state index contributed by atoms with van der Waals surface area (Å²) in [6.07, 6.45) is 0. The summed E-state index contributed by atoms with van der Waals surface area (Å²) in [4.78, 5) is 12.1. The first-order valence-corrected chi connectivity index (χ1v) is 3.55. The number of carbonyl (C=O) groups is 1. The van der Waals surface area contributed by atoms with Gasteiger partial charge in [-0.05, 0) is 6.92 Å². The van der Waals surface area contributed by atoms with Gasteiger partial charge in [0.2, 0.25) is 0 Å². The average molecular weight is 159 g/mol. The van der Waals surface area contributed by atoms with Gasteiger partial charge in [-0.1, -0.05) is 0 Å². The Balaban J connectivity index is 2.23. The quantitative estimate of drug-likeness (QED) is 0.619. The van der Waals surface area contributed by atoms with Crippen LogP contribution in [0.5, 0.6) is 0 Å². The van der Waals surface area contributed by atoms with Crippen LogP contribution in [0.3, 0.4) is 0 Å². The molecule has 4 heteroatoms. The average Bonchev–Trinajstić information content (AvgIpc) is 1.83. The zero-order valence-electron chi connectivity index (χ0n) is 6.83. The molecule has 4 nitrogen and oxygen atoms in total. The Bertz CT molecular complexity index is 163. The monoisotopic (exact) mass is 159 g/mol. The Morgan fingerprint density at radius 1 is 1.73 bits per heavy atom. The van der Waals surface area contributed by atoms with Crippen molar-refractivity contribution < 1.29 is 14.6 Å². The van der Waals surface area contributed by atoms with E-state index in [1.54, 1.807) is 7.11 Å². The van der Waals surface area contributed by atoms with E-state index in [9.17, 15) is 4.79 Å². The van der Waals surface area contributed by atoms with E-state index in [1.807, 2.05) is 11.8 Å². The number of methoxy groups -OCH3 is 1. The van der Waals surface area contributed by atoms with Gasteiger partial charge in [-0.15, -0.1) is 0 Å². The van der Waals surface area contributed by atoms with Gasteiger partial charge in [-0.25, -0.2) is 0 Å². The van der Waals surface area contributed by atoms with Crippen LogP contribution in [-0.4, -0.2) is 48.3 Å². The molecule has 1 aliphatic heterocycles. The van der Waals surface area contributed by atoms with Gasteiger partial charge in [-0.3, -0.25) is 9.69 Å². The summed E-state index contributed by atoms with van der Waals surface area (Å²) in [6, 6.07) is 0. The number of ether oxygens (including phenoxy) is 1. The largest absolute Gasteiger partial charge is 0.480 e. The van der Waals surface area contributed by atoms with E-state index in [4.69, 9.17) is 9.84 Å². The topological polar surface area (TPSA) is 49.8 Å². The Hall–Kier alpha value is -0.610. The fourth-order valence-corrected chi connectivity index (χ4v) is 1.33. The van der Waals surface area contributed by atoms with E-state index in [1.165, 1.54) is 0 Å². The molecule has 0 aromatic heterocycles. The summed E-state index contributed by atoms with van der Waals surface area (Å²) in [5.74, 6) is -0.775. The molecule has 0 aromatic rings. The number of carboxylic acids is 1. The third kappa shape index (κ3) is 1.91. The summed E-state index contributed by atoms with van der Waals surface area (Å²) in [5, 5.41) is 8.41. The molecule has 1 aliphatic rings. The van der Waals surface area contributed by atoms with E-state index in [0.717, 1.165) is 13.1 Å². The zero-order chi connectivity index (χ0) is 8.48. The highest BCUT2D eigenvalue weighted by Gasteiger charge is 2.39. The number of hydrogen-bond donors (Lipinski definition) is 1. The minimum Gasteiger partial charge on any atom is -0.480 e. The predicted molar refractivity (Wildman–Crippen MR) is 39.5 cm³/mol. The molecule has 0 radical (unpaired) electrons. The van der Waals surface area contributed by atoms with Gasteiger partial charge in [0.05, 0.1) is 12.1 Å². The molecular weight excluding hydrogens is 146 g/mol. The Morgan fingerprint density at radius 2 is 2.27 bits per heavy atom. The van der Waals surface area contributed by atoms with Gasteiger partial charge in [0.1, 0.15) is 0 Å². The van der Waals surface area contributed by atoms with Crippen molar-refractivity contribution in [3.05, 3.63) is 0 Å². The number of likely N-dealkylation sites (tertiary alicyclic amines) is 1. The normalized spacial score (nSPS) is 22.7. The number of aliphatic carboxylic acids is 1. The first-order chi connectivity index (χ1) is 5.06. The van der Waals surface area contributed by atoms with Gasteiger partial charge in [0.25, 0.3) is 0 Å². The SMILES string of the molecule is COC1(C)CN(CC(=O)O)C1. The second-order valence-corrected chi connectivity index (χ2v) is 3.19. The second kappa shape index (κ2) is 2.79.